The third-order valence-corrected chi connectivity index (χ3v) is 1.35. The molecule has 0 saturated carbocycles. The molecule has 0 radical (unpaired) electrons. The Bertz CT molecular complexity index is 321. The van der Waals surface area contributed by atoms with Crippen LogP contribution in [0.5, 0.6) is 5.75 Å². The molecule has 0 heterocycles. The van der Waals surface area contributed by atoms with Gasteiger partial charge in [0, 0.05) is 0 Å². The Balaban J connectivity index is 0.00000121. The van der Waals surface area contributed by atoms with Gasteiger partial charge in [-0.15, -0.1) is 24.0 Å². The molecule has 0 unspecified atom stereocenters. The summed E-state index contributed by atoms with van der Waals surface area (Å²) < 4.78 is 32.6. The molecule has 4 nitrogen and oxygen atoms in total. The summed E-state index contributed by atoms with van der Waals surface area (Å²) in [7, 11) is -4.38. The second-order valence-corrected chi connectivity index (χ2v) is 2.85. The summed E-state index contributed by atoms with van der Waals surface area (Å²) in [5.41, 5.74) is 0. The molecule has 0 bridgehead atoms. The van der Waals surface area contributed by atoms with Crippen molar-refractivity contribution in [3.05, 3.63) is 30.3 Å². The molecule has 6 heteroatoms. The predicted octanol–water partition coefficient (Wildman–Crippen LogP) is 1.49. The summed E-state index contributed by atoms with van der Waals surface area (Å²) in [5, 5.41) is 0. The van der Waals surface area contributed by atoms with Gasteiger partial charge in [0.05, 0.1) is 0 Å². The molecule has 0 aromatic heterocycles. The van der Waals surface area contributed by atoms with E-state index < -0.39 is 10.4 Å². The van der Waals surface area contributed by atoms with Crippen LogP contribution in [0.1, 0.15) is 0 Å². The molecule has 0 aliphatic carbocycles. The minimum absolute atomic E-state index is 0. The summed E-state index contributed by atoms with van der Waals surface area (Å²) >= 11 is 0. The number of hydrogen-bond donors (Lipinski definition) is 1. The van der Waals surface area contributed by atoms with Crippen molar-refractivity contribution in [3.8, 4) is 5.75 Å². The Morgan fingerprint density at radius 1 is 1.17 bits per heavy atom. The first-order chi connectivity index (χ1) is 5.08. The van der Waals surface area contributed by atoms with Crippen LogP contribution >= 0.6 is 24.0 Å². The zero-order valence-electron chi connectivity index (χ0n) is 5.88. The topological polar surface area (TPSA) is 63.6 Å². The lowest BCUT2D eigenvalue weighted by atomic mass is 10.3. The van der Waals surface area contributed by atoms with Crippen molar-refractivity contribution in [3.63, 3.8) is 0 Å². The van der Waals surface area contributed by atoms with Gasteiger partial charge in [0.25, 0.3) is 0 Å². The van der Waals surface area contributed by atoms with Gasteiger partial charge in [0.15, 0.2) is 0 Å². The molecule has 0 spiro atoms. The van der Waals surface area contributed by atoms with E-state index in [1.54, 1.807) is 18.2 Å². The average Bonchev–Trinajstić information content (AvgIpc) is 1.85. The van der Waals surface area contributed by atoms with Crippen LogP contribution in [0.2, 0.25) is 0 Å². The molecule has 0 aliphatic rings. The number of rotatable bonds is 2. The second-order valence-electron chi connectivity index (χ2n) is 1.82. The van der Waals surface area contributed by atoms with E-state index in [9.17, 15) is 8.42 Å². The first kappa shape index (κ1) is 11.7. The molecule has 1 rings (SSSR count). The van der Waals surface area contributed by atoms with E-state index in [2.05, 4.69) is 4.18 Å². The van der Waals surface area contributed by atoms with E-state index in [0.717, 1.165) is 0 Å². The Morgan fingerprint density at radius 3 is 2.08 bits per heavy atom. The SMILES string of the molecule is I.O=S(=O)(O)Oc1ccccc1. The standard InChI is InChI=1S/C6H6O4S.HI/c7-11(8,9)10-6-4-2-1-3-5-6;/h1-5H,(H,7,8,9);1H. The number of para-hydroxylation sites is 1. The first-order valence-electron chi connectivity index (χ1n) is 2.80. The third kappa shape index (κ3) is 4.52. The van der Waals surface area contributed by atoms with E-state index >= 15 is 0 Å². The lowest BCUT2D eigenvalue weighted by Gasteiger charge is -1.98. The zero-order valence-corrected chi connectivity index (χ0v) is 9.02. The fourth-order valence-corrected chi connectivity index (χ4v) is 0.952. The molecule has 1 N–H and O–H groups in total. The Labute approximate surface area is 87.5 Å². The van der Waals surface area contributed by atoms with E-state index in [4.69, 9.17) is 4.55 Å². The highest BCUT2D eigenvalue weighted by atomic mass is 127. The minimum Gasteiger partial charge on any atom is -0.362 e. The number of hydrogen-bond acceptors (Lipinski definition) is 3. The van der Waals surface area contributed by atoms with Crippen LogP contribution in [0.25, 0.3) is 0 Å². The van der Waals surface area contributed by atoms with Gasteiger partial charge in [-0.2, -0.15) is 8.42 Å². The fraction of sp³-hybridized carbons (Fsp3) is 0. The average molecular weight is 302 g/mol. The lowest BCUT2D eigenvalue weighted by molar-refractivity contribution is 0.387. The van der Waals surface area contributed by atoms with E-state index in [-0.39, 0.29) is 29.7 Å². The van der Waals surface area contributed by atoms with Crippen molar-refractivity contribution in [1.29, 1.82) is 0 Å². The van der Waals surface area contributed by atoms with Crippen molar-refractivity contribution in [2.24, 2.45) is 0 Å². The highest BCUT2D eigenvalue weighted by Gasteiger charge is 2.04. The summed E-state index contributed by atoms with van der Waals surface area (Å²) in [6.45, 7) is 0. The predicted molar refractivity (Wildman–Crippen MR) is 54.0 cm³/mol. The Hall–Kier alpha value is -0.340. The van der Waals surface area contributed by atoms with Gasteiger partial charge in [-0.05, 0) is 12.1 Å². The van der Waals surface area contributed by atoms with Gasteiger partial charge in [0.2, 0.25) is 0 Å². The third-order valence-electron chi connectivity index (χ3n) is 0.945. The zero-order chi connectivity index (χ0) is 8.32. The van der Waals surface area contributed by atoms with Gasteiger partial charge in [-0.3, -0.25) is 4.55 Å². The second kappa shape index (κ2) is 4.63. The van der Waals surface area contributed by atoms with Crippen LogP contribution in [0.3, 0.4) is 0 Å². The smallest absolute Gasteiger partial charge is 0.362 e. The van der Waals surface area contributed by atoms with E-state index in [0.29, 0.717) is 0 Å². The van der Waals surface area contributed by atoms with Crippen LogP contribution < -0.4 is 4.18 Å². The molecule has 1 aromatic carbocycles. The van der Waals surface area contributed by atoms with Gasteiger partial charge >= 0.3 is 10.4 Å². The molecule has 68 valence electrons. The maximum absolute atomic E-state index is 10.1. The van der Waals surface area contributed by atoms with Gasteiger partial charge in [-0.1, -0.05) is 18.2 Å². The summed E-state index contributed by atoms with van der Waals surface area (Å²) in [5.74, 6) is 0.0926. The van der Waals surface area contributed by atoms with E-state index in [1.807, 2.05) is 0 Å². The molecular formula is C6H7IO4S. The lowest BCUT2D eigenvalue weighted by Crippen LogP contribution is -2.06. The molecule has 0 saturated heterocycles. The van der Waals surface area contributed by atoms with Crippen LogP contribution in [0.4, 0.5) is 0 Å². The molecule has 12 heavy (non-hydrogen) atoms. The minimum atomic E-state index is -4.38. The quantitative estimate of drug-likeness (QED) is 0.664. The molecule has 0 fully saturated rings. The van der Waals surface area contributed by atoms with Gasteiger partial charge < -0.3 is 4.18 Å². The maximum Gasteiger partial charge on any atom is 0.446 e. The van der Waals surface area contributed by atoms with Crippen molar-refractivity contribution >= 4 is 34.4 Å². The Morgan fingerprint density at radius 2 is 1.67 bits per heavy atom. The molecule has 0 aliphatic heterocycles. The molecule has 0 amide bonds. The monoisotopic (exact) mass is 302 g/mol. The summed E-state index contributed by atoms with van der Waals surface area (Å²) in [6, 6.07) is 7.75. The molecular weight excluding hydrogens is 295 g/mol. The largest absolute Gasteiger partial charge is 0.446 e. The van der Waals surface area contributed by atoms with Crippen LogP contribution in [0.15, 0.2) is 30.3 Å². The summed E-state index contributed by atoms with van der Waals surface area (Å²) in [4.78, 5) is 0. The Kier molecular flexibility index (Phi) is 4.50. The van der Waals surface area contributed by atoms with Crippen LogP contribution in [0, 0.1) is 0 Å². The van der Waals surface area contributed by atoms with Crippen molar-refractivity contribution in [2.75, 3.05) is 0 Å². The van der Waals surface area contributed by atoms with E-state index in [1.165, 1.54) is 12.1 Å². The number of halogens is 1. The highest BCUT2D eigenvalue weighted by molar-refractivity contribution is 14.0. The van der Waals surface area contributed by atoms with Crippen molar-refractivity contribution in [2.45, 2.75) is 0 Å². The van der Waals surface area contributed by atoms with Crippen LogP contribution in [-0.4, -0.2) is 13.0 Å². The molecule has 0 atom stereocenters. The van der Waals surface area contributed by atoms with Crippen LogP contribution in [-0.2, 0) is 10.4 Å². The number of benzene rings is 1. The van der Waals surface area contributed by atoms with Gasteiger partial charge in [0.1, 0.15) is 5.75 Å². The normalized spacial score (nSPS) is 10.1. The first-order valence-corrected chi connectivity index (χ1v) is 4.16. The summed E-state index contributed by atoms with van der Waals surface area (Å²) in [6.07, 6.45) is 0. The van der Waals surface area contributed by atoms with Crippen molar-refractivity contribution < 1.29 is 17.2 Å². The molecule has 1 aromatic rings. The van der Waals surface area contributed by atoms with Gasteiger partial charge in [-0.25, -0.2) is 0 Å². The maximum atomic E-state index is 10.1. The fourth-order valence-electron chi connectivity index (χ4n) is 0.598. The van der Waals surface area contributed by atoms with Crippen molar-refractivity contribution in [1.82, 2.24) is 0 Å². The highest BCUT2D eigenvalue weighted by Crippen LogP contribution is 2.09.